The van der Waals surface area contributed by atoms with Crippen LogP contribution < -0.4 is 10.6 Å². The van der Waals surface area contributed by atoms with Crippen molar-refractivity contribution < 1.29 is 18.0 Å². The minimum Gasteiger partial charge on any atom is -0.337 e. The molecule has 0 bridgehead atoms. The van der Waals surface area contributed by atoms with Crippen LogP contribution >= 0.6 is 0 Å². The summed E-state index contributed by atoms with van der Waals surface area (Å²) >= 11 is 0. The summed E-state index contributed by atoms with van der Waals surface area (Å²) in [6, 6.07) is -2.17. The third-order valence-electron chi connectivity index (χ3n) is 3.34. The lowest BCUT2D eigenvalue weighted by Gasteiger charge is -2.24. The molecule has 0 aliphatic carbocycles. The van der Waals surface area contributed by atoms with Crippen LogP contribution in [0.15, 0.2) is 0 Å². The van der Waals surface area contributed by atoms with E-state index >= 15 is 0 Å². The molecule has 0 aromatic heterocycles. The van der Waals surface area contributed by atoms with E-state index in [1.54, 1.807) is 13.8 Å². The molecule has 0 spiro atoms. The fourth-order valence-electron chi connectivity index (χ4n) is 2.14. The number of amides is 4. The Labute approximate surface area is 133 Å². The summed E-state index contributed by atoms with van der Waals surface area (Å²) in [6.07, 6.45) is 5.08. The van der Waals surface area contributed by atoms with Crippen LogP contribution in [0.25, 0.3) is 0 Å². The van der Waals surface area contributed by atoms with Crippen LogP contribution in [0.5, 0.6) is 0 Å². The molecule has 4 amide bonds. The zero-order chi connectivity index (χ0) is 17.3. The van der Waals surface area contributed by atoms with Crippen molar-refractivity contribution in [3.05, 3.63) is 0 Å². The molecule has 0 aromatic rings. The molecule has 1 atom stereocenters. The molecule has 0 rings (SSSR count). The molecule has 130 valence electrons. The van der Waals surface area contributed by atoms with Crippen LogP contribution in [-0.4, -0.2) is 43.6 Å². The number of sulfonamides is 1. The Morgan fingerprint density at radius 2 is 1.77 bits per heavy atom. The van der Waals surface area contributed by atoms with Crippen molar-refractivity contribution in [3.63, 3.8) is 0 Å². The predicted molar refractivity (Wildman–Crippen MR) is 87.1 cm³/mol. The van der Waals surface area contributed by atoms with Gasteiger partial charge in [-0.25, -0.2) is 22.3 Å². The third-order valence-corrected chi connectivity index (χ3v) is 4.64. The zero-order valence-electron chi connectivity index (χ0n) is 14.2. The monoisotopic (exact) mass is 335 g/mol. The Morgan fingerprint density at radius 1 is 1.18 bits per heavy atom. The molecule has 0 aliphatic heterocycles. The van der Waals surface area contributed by atoms with Gasteiger partial charge in [-0.15, -0.1) is 0 Å². The molecular formula is C14H29N3O4S. The molecule has 0 saturated heterocycles. The van der Waals surface area contributed by atoms with Crippen LogP contribution in [-0.2, 0) is 10.0 Å². The second-order valence-corrected chi connectivity index (χ2v) is 7.57. The largest absolute Gasteiger partial charge is 0.339 e. The minimum atomic E-state index is -3.72. The lowest BCUT2D eigenvalue weighted by Crippen LogP contribution is -2.51. The summed E-state index contributed by atoms with van der Waals surface area (Å²) in [4.78, 5) is 23.6. The SMILES string of the molecule is CCCCC(CC)CNC(=O)NC(=O)N(C(C)C)S(C)(=O)=O. The highest BCUT2D eigenvalue weighted by molar-refractivity contribution is 7.88. The normalized spacial score (nSPS) is 12.8. The summed E-state index contributed by atoms with van der Waals surface area (Å²) in [5.74, 6) is 0.358. The van der Waals surface area contributed by atoms with Crippen molar-refractivity contribution in [2.75, 3.05) is 12.8 Å². The van der Waals surface area contributed by atoms with Gasteiger partial charge in [0.2, 0.25) is 10.0 Å². The van der Waals surface area contributed by atoms with Crippen molar-refractivity contribution in [1.29, 1.82) is 0 Å². The highest BCUT2D eigenvalue weighted by Crippen LogP contribution is 2.11. The zero-order valence-corrected chi connectivity index (χ0v) is 15.0. The van der Waals surface area contributed by atoms with Crippen LogP contribution in [0.2, 0.25) is 0 Å². The van der Waals surface area contributed by atoms with Crippen molar-refractivity contribution in [2.45, 2.75) is 59.4 Å². The molecule has 22 heavy (non-hydrogen) atoms. The highest BCUT2D eigenvalue weighted by atomic mass is 32.2. The maximum atomic E-state index is 11.9. The summed E-state index contributed by atoms with van der Waals surface area (Å²) in [5, 5.41) is 4.69. The number of urea groups is 2. The van der Waals surface area contributed by atoms with E-state index in [1.165, 1.54) is 0 Å². The van der Waals surface area contributed by atoms with E-state index in [1.807, 2.05) is 0 Å². The molecule has 0 saturated carbocycles. The fourth-order valence-corrected chi connectivity index (χ4v) is 3.26. The molecular weight excluding hydrogens is 306 g/mol. The molecule has 0 aromatic carbocycles. The summed E-state index contributed by atoms with van der Waals surface area (Å²) < 4.78 is 23.8. The van der Waals surface area contributed by atoms with E-state index in [2.05, 4.69) is 24.5 Å². The van der Waals surface area contributed by atoms with E-state index in [0.717, 1.165) is 31.9 Å². The van der Waals surface area contributed by atoms with Gasteiger partial charge in [0.1, 0.15) is 0 Å². The average Bonchev–Trinajstić information content (AvgIpc) is 2.36. The Kier molecular flexibility index (Phi) is 9.08. The molecule has 2 N–H and O–H groups in total. The van der Waals surface area contributed by atoms with Gasteiger partial charge < -0.3 is 5.32 Å². The smallest absolute Gasteiger partial charge is 0.337 e. The minimum absolute atomic E-state index is 0.358. The Hall–Kier alpha value is -1.31. The van der Waals surface area contributed by atoms with Gasteiger partial charge in [-0.3, -0.25) is 5.32 Å². The summed E-state index contributed by atoms with van der Waals surface area (Å²) in [6.45, 7) is 7.76. The Bertz CT molecular complexity index is 463. The Balaban J connectivity index is 4.49. The lowest BCUT2D eigenvalue weighted by molar-refractivity contribution is 0.209. The third kappa shape index (κ3) is 7.63. The highest BCUT2D eigenvalue weighted by Gasteiger charge is 2.27. The first-order chi connectivity index (χ1) is 10.1. The summed E-state index contributed by atoms with van der Waals surface area (Å²) in [7, 11) is -3.72. The fraction of sp³-hybridized carbons (Fsp3) is 0.857. The number of rotatable bonds is 8. The second-order valence-electron chi connectivity index (χ2n) is 5.71. The Morgan fingerprint density at radius 3 is 2.18 bits per heavy atom. The first-order valence-electron chi connectivity index (χ1n) is 7.71. The molecule has 0 fully saturated rings. The topological polar surface area (TPSA) is 95.6 Å². The lowest BCUT2D eigenvalue weighted by atomic mass is 9.99. The molecule has 0 aliphatic rings. The van der Waals surface area contributed by atoms with E-state index in [-0.39, 0.29) is 0 Å². The van der Waals surface area contributed by atoms with Gasteiger partial charge in [0.15, 0.2) is 0 Å². The van der Waals surface area contributed by atoms with Crippen molar-refractivity contribution in [2.24, 2.45) is 5.92 Å². The van der Waals surface area contributed by atoms with Crippen LogP contribution in [0.4, 0.5) is 9.59 Å². The summed E-state index contributed by atoms with van der Waals surface area (Å²) in [5.41, 5.74) is 0. The molecule has 1 unspecified atom stereocenters. The number of imide groups is 1. The van der Waals surface area contributed by atoms with E-state index in [0.29, 0.717) is 16.8 Å². The van der Waals surface area contributed by atoms with Gasteiger partial charge in [-0.05, 0) is 26.2 Å². The van der Waals surface area contributed by atoms with Crippen LogP contribution in [0.3, 0.4) is 0 Å². The molecule has 0 heterocycles. The maximum Gasteiger partial charge on any atom is 0.339 e. The molecule has 0 radical (unpaired) electrons. The number of nitrogens with zero attached hydrogens (tertiary/aromatic N) is 1. The first kappa shape index (κ1) is 20.7. The van der Waals surface area contributed by atoms with Crippen molar-refractivity contribution in [1.82, 2.24) is 14.9 Å². The molecule has 8 heteroatoms. The number of nitrogens with one attached hydrogen (secondary N) is 2. The quantitative estimate of drug-likeness (QED) is 0.711. The first-order valence-corrected chi connectivity index (χ1v) is 9.56. The van der Waals surface area contributed by atoms with E-state index in [4.69, 9.17) is 0 Å². The van der Waals surface area contributed by atoms with Crippen molar-refractivity contribution >= 4 is 22.1 Å². The average molecular weight is 335 g/mol. The van der Waals surface area contributed by atoms with Gasteiger partial charge in [0.05, 0.1) is 6.26 Å². The van der Waals surface area contributed by atoms with Gasteiger partial charge in [0, 0.05) is 12.6 Å². The van der Waals surface area contributed by atoms with E-state index in [9.17, 15) is 18.0 Å². The van der Waals surface area contributed by atoms with E-state index < -0.39 is 28.1 Å². The van der Waals surface area contributed by atoms with Crippen LogP contribution in [0.1, 0.15) is 53.4 Å². The van der Waals surface area contributed by atoms with Crippen molar-refractivity contribution in [3.8, 4) is 0 Å². The number of carbonyl (C=O) groups is 2. The number of unbranched alkanes of at least 4 members (excludes halogenated alkanes) is 1. The van der Waals surface area contributed by atoms with Gasteiger partial charge in [0.25, 0.3) is 0 Å². The standard InChI is InChI=1S/C14H29N3O4S/c1-6-8-9-12(7-2)10-15-13(18)16-14(19)17(11(3)4)22(5,20)21/h11-12H,6-10H2,1-5H3,(H2,15,16,18,19). The number of carbonyl (C=O) groups excluding carboxylic acids is 2. The number of hydrogen-bond donors (Lipinski definition) is 2. The van der Waals surface area contributed by atoms with Gasteiger partial charge >= 0.3 is 12.1 Å². The van der Waals surface area contributed by atoms with Gasteiger partial charge in [-0.2, -0.15) is 0 Å². The predicted octanol–water partition coefficient (Wildman–Crippen LogP) is 2.29. The number of hydrogen-bond acceptors (Lipinski definition) is 4. The molecule has 7 nitrogen and oxygen atoms in total. The van der Waals surface area contributed by atoms with Gasteiger partial charge in [-0.1, -0.05) is 33.1 Å². The second kappa shape index (κ2) is 9.66. The van der Waals surface area contributed by atoms with Crippen LogP contribution in [0, 0.1) is 5.92 Å². The maximum absolute atomic E-state index is 11.9.